The molecular formula is C23H34N4O2. The van der Waals surface area contributed by atoms with Crippen LogP contribution in [0.3, 0.4) is 0 Å². The second kappa shape index (κ2) is 8.84. The fourth-order valence-corrected chi connectivity index (χ4v) is 4.83. The summed E-state index contributed by atoms with van der Waals surface area (Å²) in [6.07, 6.45) is 5.32. The summed E-state index contributed by atoms with van der Waals surface area (Å²) in [5, 5.41) is 8.97. The average molecular weight is 399 g/mol. The van der Waals surface area contributed by atoms with Gasteiger partial charge in [0.25, 0.3) is 5.91 Å². The first kappa shape index (κ1) is 20.4. The van der Waals surface area contributed by atoms with E-state index in [-0.39, 0.29) is 18.0 Å². The van der Waals surface area contributed by atoms with Crippen LogP contribution in [0, 0.1) is 0 Å². The molecule has 2 aromatic rings. The molecule has 1 aromatic carbocycles. The Bertz CT molecular complexity index is 835. The molecule has 3 heterocycles. The maximum Gasteiger partial charge on any atom is 0.272 e. The molecule has 1 unspecified atom stereocenters. The van der Waals surface area contributed by atoms with Crippen molar-refractivity contribution >= 4 is 16.8 Å². The number of aromatic nitrogens is 2. The minimum atomic E-state index is -0.0470. The molecule has 6 nitrogen and oxygen atoms in total. The standard InChI is InChI=1S/C23H34N4O2/c1-4-6-11-26-18-12-17(13-19(26)15-29-14-18)24-23(28)22-20-9-7-8-10-21(20)27(25-22)16(3)5-2/h7-10,16-19H,4-6,11-15H2,1-3H3,(H,24,28)/t16?,18-,19-/m0/s1. The van der Waals surface area contributed by atoms with Crippen LogP contribution in [-0.4, -0.2) is 58.5 Å². The number of nitrogens with one attached hydrogen (secondary N) is 1. The largest absolute Gasteiger partial charge is 0.378 e. The number of para-hydroxylation sites is 1. The normalized spacial score (nSPS) is 25.8. The summed E-state index contributed by atoms with van der Waals surface area (Å²) in [6.45, 7) is 9.22. The minimum absolute atomic E-state index is 0.0470. The third kappa shape index (κ3) is 4.05. The van der Waals surface area contributed by atoms with Gasteiger partial charge in [-0.25, -0.2) is 0 Å². The number of benzene rings is 1. The van der Waals surface area contributed by atoms with Crippen LogP contribution < -0.4 is 5.32 Å². The molecule has 1 amide bonds. The number of ether oxygens (including phenoxy) is 1. The number of unbranched alkanes of at least 4 members (excludes halogenated alkanes) is 1. The summed E-state index contributed by atoms with van der Waals surface area (Å²) in [5.74, 6) is -0.0470. The lowest BCUT2D eigenvalue weighted by Gasteiger charge is -2.48. The van der Waals surface area contributed by atoms with Gasteiger partial charge in [-0.15, -0.1) is 0 Å². The molecule has 2 fully saturated rings. The maximum absolute atomic E-state index is 13.2. The molecule has 4 rings (SSSR count). The topological polar surface area (TPSA) is 59.4 Å². The summed E-state index contributed by atoms with van der Waals surface area (Å²) in [5.41, 5.74) is 1.59. The number of carbonyl (C=O) groups excluding carboxylic acids is 1. The van der Waals surface area contributed by atoms with E-state index >= 15 is 0 Å². The van der Waals surface area contributed by atoms with Gasteiger partial charge in [-0.05, 0) is 45.2 Å². The number of morpholine rings is 1. The van der Waals surface area contributed by atoms with Crippen molar-refractivity contribution < 1.29 is 9.53 Å². The molecule has 0 spiro atoms. The van der Waals surface area contributed by atoms with E-state index in [1.165, 1.54) is 12.8 Å². The van der Waals surface area contributed by atoms with E-state index in [9.17, 15) is 4.79 Å². The molecule has 2 bridgehead atoms. The number of rotatable bonds is 7. The van der Waals surface area contributed by atoms with Gasteiger partial charge in [0, 0.05) is 29.6 Å². The molecule has 158 valence electrons. The van der Waals surface area contributed by atoms with E-state index in [1.807, 2.05) is 22.9 Å². The Morgan fingerprint density at radius 3 is 2.66 bits per heavy atom. The van der Waals surface area contributed by atoms with Crippen LogP contribution >= 0.6 is 0 Å². The lowest BCUT2D eigenvalue weighted by Crippen LogP contribution is -2.60. The van der Waals surface area contributed by atoms with Crippen LogP contribution in [0.2, 0.25) is 0 Å². The highest BCUT2D eigenvalue weighted by atomic mass is 16.5. The molecule has 3 atom stereocenters. The number of hydrogen-bond acceptors (Lipinski definition) is 4. The van der Waals surface area contributed by atoms with E-state index in [1.54, 1.807) is 0 Å². The lowest BCUT2D eigenvalue weighted by atomic mass is 9.89. The second-order valence-electron chi connectivity index (χ2n) is 8.65. The van der Waals surface area contributed by atoms with E-state index in [2.05, 4.69) is 37.1 Å². The Kier molecular flexibility index (Phi) is 6.20. The zero-order valence-electron chi connectivity index (χ0n) is 17.9. The summed E-state index contributed by atoms with van der Waals surface area (Å²) < 4.78 is 7.81. The first-order valence-corrected chi connectivity index (χ1v) is 11.2. The third-order valence-electron chi connectivity index (χ3n) is 6.61. The number of fused-ring (bicyclic) bond motifs is 3. The van der Waals surface area contributed by atoms with Crippen molar-refractivity contribution in [1.29, 1.82) is 0 Å². The molecular weight excluding hydrogens is 364 g/mol. The van der Waals surface area contributed by atoms with Crippen LogP contribution in [-0.2, 0) is 4.74 Å². The molecule has 0 radical (unpaired) electrons. The number of amides is 1. The highest BCUT2D eigenvalue weighted by Gasteiger charge is 2.39. The molecule has 2 saturated heterocycles. The molecule has 0 aliphatic carbocycles. The van der Waals surface area contributed by atoms with Gasteiger partial charge in [-0.1, -0.05) is 38.5 Å². The molecule has 2 aliphatic rings. The summed E-state index contributed by atoms with van der Waals surface area (Å²) in [6, 6.07) is 9.33. The van der Waals surface area contributed by atoms with Crippen molar-refractivity contribution in [2.75, 3.05) is 19.8 Å². The zero-order chi connectivity index (χ0) is 20.4. The number of nitrogens with zero attached hydrogens (tertiary/aromatic N) is 3. The molecule has 1 N–H and O–H groups in total. The summed E-state index contributed by atoms with van der Waals surface area (Å²) >= 11 is 0. The van der Waals surface area contributed by atoms with Gasteiger partial charge in [-0.3, -0.25) is 14.4 Å². The molecule has 29 heavy (non-hydrogen) atoms. The molecule has 1 aromatic heterocycles. The highest BCUT2D eigenvalue weighted by molar-refractivity contribution is 6.05. The van der Waals surface area contributed by atoms with Gasteiger partial charge in [0.2, 0.25) is 0 Å². The third-order valence-corrected chi connectivity index (χ3v) is 6.61. The van der Waals surface area contributed by atoms with Gasteiger partial charge >= 0.3 is 0 Å². The van der Waals surface area contributed by atoms with Crippen LogP contribution in [0.1, 0.15) is 69.4 Å². The van der Waals surface area contributed by atoms with E-state index < -0.39 is 0 Å². The summed E-state index contributed by atoms with van der Waals surface area (Å²) in [7, 11) is 0. The number of carbonyl (C=O) groups is 1. The van der Waals surface area contributed by atoms with E-state index in [4.69, 9.17) is 9.84 Å². The van der Waals surface area contributed by atoms with Crippen LogP contribution in [0.25, 0.3) is 10.9 Å². The monoisotopic (exact) mass is 398 g/mol. The summed E-state index contributed by atoms with van der Waals surface area (Å²) in [4.78, 5) is 15.8. The Morgan fingerprint density at radius 2 is 1.97 bits per heavy atom. The first-order valence-electron chi connectivity index (χ1n) is 11.2. The Hall–Kier alpha value is -1.92. The predicted octanol–water partition coefficient (Wildman–Crippen LogP) is 3.77. The van der Waals surface area contributed by atoms with Crippen LogP contribution in [0.4, 0.5) is 0 Å². The first-order chi connectivity index (χ1) is 14.1. The van der Waals surface area contributed by atoms with Crippen molar-refractivity contribution in [2.24, 2.45) is 0 Å². The van der Waals surface area contributed by atoms with Gasteiger partial charge in [0.15, 0.2) is 5.69 Å². The van der Waals surface area contributed by atoms with Gasteiger partial charge < -0.3 is 10.1 Å². The van der Waals surface area contributed by atoms with E-state index in [0.29, 0.717) is 17.8 Å². The van der Waals surface area contributed by atoms with Crippen molar-refractivity contribution in [3.63, 3.8) is 0 Å². The van der Waals surface area contributed by atoms with Crippen molar-refractivity contribution in [3.8, 4) is 0 Å². The SMILES string of the molecule is CCCCN1[C@@H]2COC[C@@H]1CC(NC(=O)c1nn(C(C)CC)c3ccccc13)C2. The van der Waals surface area contributed by atoms with Crippen molar-refractivity contribution in [1.82, 2.24) is 20.0 Å². The predicted molar refractivity (Wildman–Crippen MR) is 115 cm³/mol. The molecule has 6 heteroatoms. The fourth-order valence-electron chi connectivity index (χ4n) is 4.83. The van der Waals surface area contributed by atoms with E-state index in [0.717, 1.165) is 49.9 Å². The fraction of sp³-hybridized carbons (Fsp3) is 0.652. The van der Waals surface area contributed by atoms with Crippen LogP contribution in [0.15, 0.2) is 24.3 Å². The molecule has 0 saturated carbocycles. The minimum Gasteiger partial charge on any atom is -0.378 e. The average Bonchev–Trinajstić information content (AvgIpc) is 3.11. The van der Waals surface area contributed by atoms with Gasteiger partial charge in [0.1, 0.15) is 0 Å². The second-order valence-corrected chi connectivity index (χ2v) is 8.65. The van der Waals surface area contributed by atoms with Crippen molar-refractivity contribution in [3.05, 3.63) is 30.0 Å². The lowest BCUT2D eigenvalue weighted by molar-refractivity contribution is -0.0802. The molecule has 2 aliphatic heterocycles. The quantitative estimate of drug-likeness (QED) is 0.771. The number of hydrogen-bond donors (Lipinski definition) is 1. The Labute approximate surface area is 173 Å². The van der Waals surface area contributed by atoms with Gasteiger partial charge in [-0.2, -0.15) is 5.10 Å². The van der Waals surface area contributed by atoms with Crippen molar-refractivity contribution in [2.45, 2.75) is 77.0 Å². The number of piperidine rings is 1. The van der Waals surface area contributed by atoms with Gasteiger partial charge in [0.05, 0.1) is 18.7 Å². The maximum atomic E-state index is 13.2. The zero-order valence-corrected chi connectivity index (χ0v) is 17.9. The smallest absolute Gasteiger partial charge is 0.272 e. The van der Waals surface area contributed by atoms with Crippen LogP contribution in [0.5, 0.6) is 0 Å². The Balaban J connectivity index is 1.50. The highest BCUT2D eigenvalue weighted by Crippen LogP contribution is 2.29. The Morgan fingerprint density at radius 1 is 1.24 bits per heavy atom.